The molecule has 0 atom stereocenters. The van der Waals surface area contributed by atoms with E-state index in [2.05, 4.69) is 49.0 Å². The van der Waals surface area contributed by atoms with Crippen LogP contribution >= 0.6 is 38.5 Å². The van der Waals surface area contributed by atoms with Crippen LogP contribution in [0.4, 0.5) is 0 Å². The molecular formula is C15H14BrIN2O3. The molecule has 0 fully saturated rings. The third kappa shape index (κ3) is 4.84. The summed E-state index contributed by atoms with van der Waals surface area (Å²) in [6.07, 6.45) is 1.44. The monoisotopic (exact) mass is 476 g/mol. The number of carbonyl (C=O) groups excluding carboxylic acids is 1. The van der Waals surface area contributed by atoms with Crippen molar-refractivity contribution in [3.63, 3.8) is 0 Å². The average Bonchev–Trinajstić information content (AvgIpc) is 2.83. The standard InChI is InChI=1S/C15H14BrIN2O3/c1-9-5-11(16)6-10(2)15(9)21-8-14(20)19-18-7-12-3-4-13(17)22-12/h3-7H,8H2,1-2H3,(H,19,20). The third-order valence-corrected chi connectivity index (χ3v) is 3.79. The van der Waals surface area contributed by atoms with Crippen molar-refractivity contribution in [3.05, 3.63) is 49.4 Å². The lowest BCUT2D eigenvalue weighted by Gasteiger charge is -2.11. The summed E-state index contributed by atoms with van der Waals surface area (Å²) < 4.78 is 12.6. The maximum atomic E-state index is 11.7. The van der Waals surface area contributed by atoms with Crippen LogP contribution in [0.3, 0.4) is 0 Å². The van der Waals surface area contributed by atoms with Crippen molar-refractivity contribution in [2.45, 2.75) is 13.8 Å². The third-order valence-electron chi connectivity index (χ3n) is 2.75. The molecule has 0 bridgehead atoms. The minimum absolute atomic E-state index is 0.101. The van der Waals surface area contributed by atoms with Crippen LogP contribution in [0.1, 0.15) is 16.9 Å². The Balaban J connectivity index is 1.87. The van der Waals surface area contributed by atoms with Gasteiger partial charge < -0.3 is 9.15 Å². The fraction of sp³-hybridized carbons (Fsp3) is 0.200. The van der Waals surface area contributed by atoms with E-state index in [0.717, 1.165) is 19.4 Å². The van der Waals surface area contributed by atoms with Gasteiger partial charge in [-0.3, -0.25) is 4.79 Å². The molecule has 0 saturated carbocycles. The van der Waals surface area contributed by atoms with Gasteiger partial charge in [0, 0.05) is 4.47 Å². The summed E-state index contributed by atoms with van der Waals surface area (Å²) in [6, 6.07) is 7.46. The van der Waals surface area contributed by atoms with Gasteiger partial charge in [0.25, 0.3) is 5.91 Å². The molecule has 0 aliphatic rings. The largest absolute Gasteiger partial charge is 0.483 e. The summed E-state index contributed by atoms with van der Waals surface area (Å²) in [4.78, 5) is 11.7. The predicted octanol–water partition coefficient (Wildman–Crippen LogP) is 3.79. The minimum atomic E-state index is -0.334. The van der Waals surface area contributed by atoms with E-state index >= 15 is 0 Å². The highest BCUT2D eigenvalue weighted by Crippen LogP contribution is 2.27. The van der Waals surface area contributed by atoms with Gasteiger partial charge in [-0.1, -0.05) is 15.9 Å². The Labute approximate surface area is 150 Å². The molecule has 0 spiro atoms. The number of halogens is 2. The predicted molar refractivity (Wildman–Crippen MR) is 96.3 cm³/mol. The fourth-order valence-electron chi connectivity index (χ4n) is 1.86. The van der Waals surface area contributed by atoms with Gasteiger partial charge in [0.05, 0.1) is 6.21 Å². The van der Waals surface area contributed by atoms with Gasteiger partial charge in [0.2, 0.25) is 0 Å². The molecule has 1 aromatic heterocycles. The van der Waals surface area contributed by atoms with E-state index < -0.39 is 0 Å². The van der Waals surface area contributed by atoms with Gasteiger partial charge in [0.1, 0.15) is 11.5 Å². The second kappa shape index (κ2) is 7.77. The van der Waals surface area contributed by atoms with Crippen LogP contribution < -0.4 is 10.2 Å². The molecule has 22 heavy (non-hydrogen) atoms. The summed E-state index contributed by atoms with van der Waals surface area (Å²) in [5.74, 6) is 0.951. The SMILES string of the molecule is Cc1cc(Br)cc(C)c1OCC(=O)NN=Cc1ccc(I)o1. The second-order valence-electron chi connectivity index (χ2n) is 4.59. The lowest BCUT2D eigenvalue weighted by molar-refractivity contribution is -0.123. The van der Waals surface area contributed by atoms with Crippen molar-refractivity contribution >= 4 is 50.6 Å². The summed E-state index contributed by atoms with van der Waals surface area (Å²) in [6.45, 7) is 3.76. The highest BCUT2D eigenvalue weighted by Gasteiger charge is 2.08. The van der Waals surface area contributed by atoms with Crippen molar-refractivity contribution in [2.75, 3.05) is 6.61 Å². The number of ether oxygens (including phenoxy) is 1. The molecule has 0 aliphatic heterocycles. The molecule has 0 aliphatic carbocycles. The molecule has 1 aromatic carbocycles. The van der Waals surface area contributed by atoms with E-state index in [-0.39, 0.29) is 12.5 Å². The van der Waals surface area contributed by atoms with Crippen LogP contribution in [-0.2, 0) is 4.79 Å². The van der Waals surface area contributed by atoms with Crippen LogP contribution in [0, 0.1) is 17.6 Å². The van der Waals surface area contributed by atoms with E-state index in [1.807, 2.05) is 32.0 Å². The molecule has 1 amide bonds. The van der Waals surface area contributed by atoms with Gasteiger partial charge in [-0.25, -0.2) is 5.43 Å². The van der Waals surface area contributed by atoms with Crippen LogP contribution in [0.2, 0.25) is 0 Å². The number of benzene rings is 1. The first-order valence-electron chi connectivity index (χ1n) is 6.42. The summed E-state index contributed by atoms with van der Waals surface area (Å²) in [5, 5.41) is 3.82. The molecule has 7 heteroatoms. The quantitative estimate of drug-likeness (QED) is 0.405. The first kappa shape index (κ1) is 17.0. The molecule has 1 heterocycles. The number of hydrazone groups is 1. The highest BCUT2D eigenvalue weighted by molar-refractivity contribution is 14.1. The normalized spacial score (nSPS) is 10.9. The number of amides is 1. The number of nitrogens with zero attached hydrogens (tertiary/aromatic N) is 1. The Morgan fingerprint density at radius 1 is 1.41 bits per heavy atom. The Bertz CT molecular complexity index is 690. The van der Waals surface area contributed by atoms with Crippen molar-refractivity contribution in [1.29, 1.82) is 0 Å². The van der Waals surface area contributed by atoms with Gasteiger partial charge in [-0.05, 0) is 71.8 Å². The Hall–Kier alpha value is -1.35. The smallest absolute Gasteiger partial charge is 0.277 e. The molecule has 0 saturated heterocycles. The summed E-state index contributed by atoms with van der Waals surface area (Å²) >= 11 is 5.48. The average molecular weight is 477 g/mol. The van der Waals surface area contributed by atoms with E-state index in [1.165, 1.54) is 6.21 Å². The van der Waals surface area contributed by atoms with E-state index in [1.54, 1.807) is 6.07 Å². The maximum absolute atomic E-state index is 11.7. The van der Waals surface area contributed by atoms with Gasteiger partial charge in [-0.2, -0.15) is 5.10 Å². The first-order valence-corrected chi connectivity index (χ1v) is 8.29. The summed E-state index contributed by atoms with van der Waals surface area (Å²) in [5.41, 5.74) is 4.33. The van der Waals surface area contributed by atoms with Gasteiger partial charge in [0.15, 0.2) is 10.4 Å². The number of carbonyl (C=O) groups is 1. The number of hydrogen-bond acceptors (Lipinski definition) is 4. The molecule has 5 nitrogen and oxygen atoms in total. The first-order chi connectivity index (χ1) is 10.5. The Kier molecular flexibility index (Phi) is 6.01. The zero-order valence-electron chi connectivity index (χ0n) is 12.0. The zero-order valence-corrected chi connectivity index (χ0v) is 15.8. The van der Waals surface area contributed by atoms with Crippen molar-refractivity contribution in [3.8, 4) is 5.75 Å². The second-order valence-corrected chi connectivity index (χ2v) is 6.57. The molecule has 2 aromatic rings. The molecule has 116 valence electrons. The van der Waals surface area contributed by atoms with Gasteiger partial charge in [-0.15, -0.1) is 0 Å². The zero-order chi connectivity index (χ0) is 16.1. The number of hydrogen-bond donors (Lipinski definition) is 1. The molecule has 1 N–H and O–H groups in total. The number of rotatable bonds is 5. The maximum Gasteiger partial charge on any atom is 0.277 e. The van der Waals surface area contributed by atoms with Crippen molar-refractivity contribution < 1.29 is 13.9 Å². The van der Waals surface area contributed by atoms with E-state index in [0.29, 0.717) is 11.5 Å². The minimum Gasteiger partial charge on any atom is -0.483 e. The van der Waals surface area contributed by atoms with Crippen LogP contribution in [0.25, 0.3) is 0 Å². The Morgan fingerprint density at radius 2 is 2.09 bits per heavy atom. The summed E-state index contributed by atoms with van der Waals surface area (Å²) in [7, 11) is 0. The topological polar surface area (TPSA) is 63.8 Å². The highest BCUT2D eigenvalue weighted by atomic mass is 127. The van der Waals surface area contributed by atoms with Crippen LogP contribution in [-0.4, -0.2) is 18.7 Å². The fourth-order valence-corrected chi connectivity index (χ4v) is 2.98. The number of furan rings is 1. The molecule has 0 unspecified atom stereocenters. The van der Waals surface area contributed by atoms with E-state index in [4.69, 9.17) is 9.15 Å². The molecule has 0 radical (unpaired) electrons. The lowest BCUT2D eigenvalue weighted by atomic mass is 10.1. The Morgan fingerprint density at radius 3 is 2.68 bits per heavy atom. The molecular weight excluding hydrogens is 463 g/mol. The molecule has 2 rings (SSSR count). The number of aryl methyl sites for hydroxylation is 2. The van der Waals surface area contributed by atoms with Crippen molar-refractivity contribution in [2.24, 2.45) is 5.10 Å². The van der Waals surface area contributed by atoms with Gasteiger partial charge >= 0.3 is 0 Å². The van der Waals surface area contributed by atoms with Crippen molar-refractivity contribution in [1.82, 2.24) is 5.43 Å². The van der Waals surface area contributed by atoms with Crippen LogP contribution in [0.5, 0.6) is 5.75 Å². The lowest BCUT2D eigenvalue weighted by Crippen LogP contribution is -2.25. The van der Waals surface area contributed by atoms with E-state index in [9.17, 15) is 4.79 Å². The van der Waals surface area contributed by atoms with Crippen LogP contribution in [0.15, 0.2) is 38.3 Å². The number of nitrogens with one attached hydrogen (secondary N) is 1.